The number of rotatable bonds is 4. The summed E-state index contributed by atoms with van der Waals surface area (Å²) in [5.41, 5.74) is 1.78. The zero-order chi connectivity index (χ0) is 14.7. The highest BCUT2D eigenvalue weighted by molar-refractivity contribution is 5.51. The van der Waals surface area contributed by atoms with Gasteiger partial charge in [-0.3, -0.25) is 15.1 Å². The Bertz CT molecular complexity index is 699. The van der Waals surface area contributed by atoms with Crippen molar-refractivity contribution in [3.63, 3.8) is 0 Å². The Morgan fingerprint density at radius 1 is 1.45 bits per heavy atom. The Kier molecular flexibility index (Phi) is 3.75. The van der Waals surface area contributed by atoms with E-state index in [-0.39, 0.29) is 5.69 Å². The maximum absolute atomic E-state index is 11.2. The number of hydrogen-bond donors (Lipinski definition) is 0. The van der Waals surface area contributed by atoms with E-state index in [4.69, 9.17) is 5.26 Å². The van der Waals surface area contributed by atoms with E-state index in [0.29, 0.717) is 35.5 Å². The van der Waals surface area contributed by atoms with Crippen molar-refractivity contribution < 1.29 is 4.92 Å². The van der Waals surface area contributed by atoms with Gasteiger partial charge in [-0.2, -0.15) is 10.4 Å². The minimum absolute atomic E-state index is 0.0303. The largest absolute Gasteiger partial charge is 0.313 e. The van der Waals surface area contributed by atoms with E-state index in [1.807, 2.05) is 13.8 Å². The normalized spacial score (nSPS) is 10.2. The minimum Gasteiger partial charge on any atom is -0.262 e. The van der Waals surface area contributed by atoms with Crippen molar-refractivity contribution in [2.75, 3.05) is 0 Å². The fraction of sp³-hybridized carbons (Fsp3) is 0.308. The summed E-state index contributed by atoms with van der Waals surface area (Å²) >= 11 is 0. The van der Waals surface area contributed by atoms with Gasteiger partial charge >= 0.3 is 5.69 Å². The van der Waals surface area contributed by atoms with Crippen molar-refractivity contribution >= 4 is 5.69 Å². The molecule has 20 heavy (non-hydrogen) atoms. The van der Waals surface area contributed by atoms with Crippen LogP contribution in [0.2, 0.25) is 0 Å². The first-order valence-electron chi connectivity index (χ1n) is 6.23. The van der Waals surface area contributed by atoms with Gasteiger partial charge in [-0.15, -0.1) is 0 Å². The van der Waals surface area contributed by atoms with E-state index in [1.165, 1.54) is 17.1 Å². The Balaban J connectivity index is 2.75. The number of nitro groups is 1. The molecule has 2 aromatic heterocycles. The van der Waals surface area contributed by atoms with Crippen molar-refractivity contribution in [3.05, 3.63) is 45.5 Å². The Hall–Kier alpha value is -2.75. The molecule has 0 bridgehead atoms. The van der Waals surface area contributed by atoms with Crippen LogP contribution in [-0.2, 0) is 12.8 Å². The number of hydrogen-bond acceptors (Lipinski definition) is 5. The molecule has 0 saturated heterocycles. The second-order valence-corrected chi connectivity index (χ2v) is 4.12. The van der Waals surface area contributed by atoms with Crippen LogP contribution in [-0.4, -0.2) is 19.7 Å². The molecular formula is C13H13N5O2. The maximum Gasteiger partial charge on any atom is 0.313 e. The summed E-state index contributed by atoms with van der Waals surface area (Å²) in [6.07, 6.45) is 3.90. The molecule has 0 saturated carbocycles. The van der Waals surface area contributed by atoms with Crippen LogP contribution >= 0.6 is 0 Å². The third-order valence-electron chi connectivity index (χ3n) is 3.02. The smallest absolute Gasteiger partial charge is 0.262 e. The van der Waals surface area contributed by atoms with Gasteiger partial charge in [-0.05, 0) is 18.9 Å². The number of nitrogens with zero attached hydrogens (tertiary/aromatic N) is 5. The lowest BCUT2D eigenvalue weighted by Crippen LogP contribution is -2.05. The van der Waals surface area contributed by atoms with Crippen LogP contribution in [0.15, 0.2) is 18.5 Å². The van der Waals surface area contributed by atoms with Crippen LogP contribution in [0.3, 0.4) is 0 Å². The van der Waals surface area contributed by atoms with Crippen LogP contribution in [0.25, 0.3) is 5.69 Å². The molecule has 0 radical (unpaired) electrons. The lowest BCUT2D eigenvalue weighted by molar-refractivity contribution is -0.386. The SMILES string of the molecule is CCc1nn(-c2cnccc2C#N)c(CC)c1[N+](=O)[O-]. The summed E-state index contributed by atoms with van der Waals surface area (Å²) in [4.78, 5) is 14.8. The van der Waals surface area contributed by atoms with Crippen LogP contribution < -0.4 is 0 Å². The molecule has 7 heteroatoms. The minimum atomic E-state index is -0.413. The highest BCUT2D eigenvalue weighted by Crippen LogP contribution is 2.27. The second kappa shape index (κ2) is 5.48. The molecule has 0 aliphatic carbocycles. The highest BCUT2D eigenvalue weighted by Gasteiger charge is 2.26. The molecule has 2 rings (SSSR count). The molecule has 0 aromatic carbocycles. The molecular weight excluding hydrogens is 258 g/mol. The van der Waals surface area contributed by atoms with Gasteiger partial charge in [0.05, 0.1) is 16.7 Å². The average molecular weight is 271 g/mol. The van der Waals surface area contributed by atoms with E-state index in [1.54, 1.807) is 6.07 Å². The molecule has 2 aromatic rings. The number of aromatic nitrogens is 3. The van der Waals surface area contributed by atoms with Gasteiger partial charge in [-0.1, -0.05) is 13.8 Å². The number of aryl methyl sites for hydroxylation is 1. The molecule has 0 atom stereocenters. The predicted octanol–water partition coefficient (Wildman–Crippen LogP) is 2.17. The third-order valence-corrected chi connectivity index (χ3v) is 3.02. The van der Waals surface area contributed by atoms with Gasteiger partial charge < -0.3 is 0 Å². The van der Waals surface area contributed by atoms with Gasteiger partial charge in [0.1, 0.15) is 23.1 Å². The number of pyridine rings is 1. The molecule has 7 nitrogen and oxygen atoms in total. The lowest BCUT2D eigenvalue weighted by Gasteiger charge is -2.05. The van der Waals surface area contributed by atoms with E-state index < -0.39 is 4.92 Å². The topological polar surface area (TPSA) is 97.6 Å². The molecule has 0 unspecified atom stereocenters. The Morgan fingerprint density at radius 3 is 2.75 bits per heavy atom. The van der Waals surface area contributed by atoms with Crippen molar-refractivity contribution in [2.24, 2.45) is 0 Å². The van der Waals surface area contributed by atoms with Gasteiger partial charge in [0, 0.05) is 6.20 Å². The van der Waals surface area contributed by atoms with E-state index in [0.717, 1.165) is 0 Å². The van der Waals surface area contributed by atoms with Crippen LogP contribution in [0.5, 0.6) is 0 Å². The molecule has 0 spiro atoms. The van der Waals surface area contributed by atoms with E-state index in [2.05, 4.69) is 16.2 Å². The molecule has 0 fully saturated rings. The van der Waals surface area contributed by atoms with Gasteiger partial charge in [0.2, 0.25) is 0 Å². The molecule has 2 heterocycles. The fourth-order valence-electron chi connectivity index (χ4n) is 2.11. The van der Waals surface area contributed by atoms with Gasteiger partial charge in [0.15, 0.2) is 0 Å². The average Bonchev–Trinajstić information content (AvgIpc) is 2.85. The zero-order valence-electron chi connectivity index (χ0n) is 11.2. The van der Waals surface area contributed by atoms with E-state index >= 15 is 0 Å². The molecule has 0 aliphatic heterocycles. The fourth-order valence-corrected chi connectivity index (χ4v) is 2.11. The Morgan fingerprint density at radius 2 is 2.20 bits per heavy atom. The van der Waals surface area contributed by atoms with Gasteiger partial charge in [0.25, 0.3) is 0 Å². The van der Waals surface area contributed by atoms with Crippen LogP contribution in [0, 0.1) is 21.4 Å². The summed E-state index contributed by atoms with van der Waals surface area (Å²) < 4.78 is 1.46. The third kappa shape index (κ3) is 2.12. The first-order chi connectivity index (χ1) is 9.63. The standard InChI is InChI=1S/C13H13N5O2/c1-3-10-13(18(19)20)11(4-2)17(16-10)12-8-15-6-5-9(12)7-14/h5-6,8H,3-4H2,1-2H3. The quantitative estimate of drug-likeness (QED) is 0.627. The molecule has 0 N–H and O–H groups in total. The van der Waals surface area contributed by atoms with Gasteiger partial charge in [-0.25, -0.2) is 4.68 Å². The predicted molar refractivity (Wildman–Crippen MR) is 71.5 cm³/mol. The highest BCUT2D eigenvalue weighted by atomic mass is 16.6. The summed E-state index contributed by atoms with van der Waals surface area (Å²) in [6, 6.07) is 3.61. The molecule has 102 valence electrons. The summed E-state index contributed by atoms with van der Waals surface area (Å²) in [7, 11) is 0. The first kappa shape index (κ1) is 13.7. The monoisotopic (exact) mass is 271 g/mol. The van der Waals surface area contributed by atoms with Crippen molar-refractivity contribution in [1.82, 2.24) is 14.8 Å². The summed E-state index contributed by atoms with van der Waals surface area (Å²) in [6.45, 7) is 3.63. The van der Waals surface area contributed by atoms with Crippen molar-refractivity contribution in [3.8, 4) is 11.8 Å². The Labute approximate surface area is 115 Å². The molecule has 0 amide bonds. The van der Waals surface area contributed by atoms with Crippen molar-refractivity contribution in [2.45, 2.75) is 26.7 Å². The zero-order valence-corrected chi connectivity index (χ0v) is 11.2. The van der Waals surface area contributed by atoms with Crippen LogP contribution in [0.1, 0.15) is 30.8 Å². The summed E-state index contributed by atoms with van der Waals surface area (Å²) in [5, 5.41) is 24.6. The van der Waals surface area contributed by atoms with Crippen LogP contribution in [0.4, 0.5) is 5.69 Å². The second-order valence-electron chi connectivity index (χ2n) is 4.12. The lowest BCUT2D eigenvalue weighted by atomic mass is 10.2. The van der Waals surface area contributed by atoms with E-state index in [9.17, 15) is 10.1 Å². The summed E-state index contributed by atoms with van der Waals surface area (Å²) in [5.74, 6) is 0. The van der Waals surface area contributed by atoms with Crippen molar-refractivity contribution in [1.29, 1.82) is 5.26 Å². The number of nitriles is 1. The first-order valence-corrected chi connectivity index (χ1v) is 6.23. The maximum atomic E-state index is 11.2. The molecule has 0 aliphatic rings.